The molecule has 0 spiro atoms. The first-order valence-electron chi connectivity index (χ1n) is 13.7. The molecule has 0 atom stereocenters. The highest BCUT2D eigenvalue weighted by Gasteiger charge is 2.25. The molecule has 40 heavy (non-hydrogen) atoms. The van der Waals surface area contributed by atoms with E-state index >= 15 is 0 Å². The second-order valence-electron chi connectivity index (χ2n) is 10.3. The lowest BCUT2D eigenvalue weighted by Gasteiger charge is -2.36. The molecule has 212 valence electrons. The number of carbonyl (C=O) groups excluding carboxylic acids is 2. The Kier molecular flexibility index (Phi) is 8.85. The van der Waals surface area contributed by atoms with Gasteiger partial charge in [0.1, 0.15) is 18.2 Å². The topological polar surface area (TPSA) is 128 Å². The van der Waals surface area contributed by atoms with E-state index in [-0.39, 0.29) is 24.3 Å². The quantitative estimate of drug-likeness (QED) is 0.329. The SMILES string of the molecule is COCC(=O)N1CCN(c2nc(Sc3ccc(NC(=O)C4CCCC4)cc3)nc(Nc3cc(C)[nH]n3)c2C)CC1. The van der Waals surface area contributed by atoms with Crippen LogP contribution in [0.1, 0.15) is 36.9 Å². The number of nitrogens with zero attached hydrogens (tertiary/aromatic N) is 5. The number of aryl methyl sites for hydroxylation is 1. The maximum absolute atomic E-state index is 12.5. The molecule has 1 saturated heterocycles. The van der Waals surface area contributed by atoms with Crippen molar-refractivity contribution in [2.45, 2.75) is 49.6 Å². The Morgan fingerprint density at radius 1 is 1.07 bits per heavy atom. The molecule has 12 heteroatoms. The summed E-state index contributed by atoms with van der Waals surface area (Å²) in [4.78, 5) is 39.5. The number of amides is 2. The van der Waals surface area contributed by atoms with E-state index in [0.29, 0.717) is 43.0 Å². The number of aromatic amines is 1. The molecule has 1 aliphatic carbocycles. The Labute approximate surface area is 238 Å². The number of aromatic nitrogens is 4. The fourth-order valence-electron chi connectivity index (χ4n) is 5.09. The van der Waals surface area contributed by atoms with E-state index in [2.05, 4.69) is 25.7 Å². The van der Waals surface area contributed by atoms with E-state index in [1.54, 1.807) is 0 Å². The number of nitrogens with one attached hydrogen (secondary N) is 3. The molecule has 1 saturated carbocycles. The molecule has 11 nitrogen and oxygen atoms in total. The van der Waals surface area contributed by atoms with E-state index in [1.807, 2.05) is 49.1 Å². The molecular weight excluding hydrogens is 528 g/mol. The summed E-state index contributed by atoms with van der Waals surface area (Å²) < 4.78 is 5.02. The second-order valence-corrected chi connectivity index (χ2v) is 11.3. The van der Waals surface area contributed by atoms with E-state index in [0.717, 1.165) is 53.3 Å². The van der Waals surface area contributed by atoms with Gasteiger partial charge in [0.15, 0.2) is 11.0 Å². The first kappa shape index (κ1) is 27.9. The molecule has 2 amide bonds. The first-order valence-corrected chi connectivity index (χ1v) is 14.5. The zero-order valence-corrected chi connectivity index (χ0v) is 24.0. The van der Waals surface area contributed by atoms with Crippen LogP contribution in [0.3, 0.4) is 0 Å². The summed E-state index contributed by atoms with van der Waals surface area (Å²) in [6, 6.07) is 9.72. The molecule has 2 aromatic heterocycles. The van der Waals surface area contributed by atoms with Crippen molar-refractivity contribution in [1.82, 2.24) is 25.1 Å². The van der Waals surface area contributed by atoms with Crippen LogP contribution >= 0.6 is 11.8 Å². The van der Waals surface area contributed by atoms with E-state index < -0.39 is 0 Å². The molecule has 3 heterocycles. The fraction of sp³-hybridized carbons (Fsp3) is 0.464. The average Bonchev–Trinajstić information content (AvgIpc) is 3.64. The minimum Gasteiger partial charge on any atom is -0.375 e. The minimum absolute atomic E-state index is 0.00283. The zero-order valence-electron chi connectivity index (χ0n) is 23.2. The molecule has 0 unspecified atom stereocenters. The number of anilines is 4. The van der Waals surface area contributed by atoms with Crippen molar-refractivity contribution in [2.75, 3.05) is 55.4 Å². The average molecular weight is 565 g/mol. The Bertz CT molecular complexity index is 1330. The van der Waals surface area contributed by atoms with Gasteiger partial charge in [-0.3, -0.25) is 14.7 Å². The predicted molar refractivity (Wildman–Crippen MR) is 155 cm³/mol. The summed E-state index contributed by atoms with van der Waals surface area (Å²) in [5, 5.41) is 14.2. The number of benzene rings is 1. The molecule has 0 bridgehead atoms. The van der Waals surface area contributed by atoms with Crippen LogP contribution in [0.5, 0.6) is 0 Å². The van der Waals surface area contributed by atoms with E-state index in [9.17, 15) is 9.59 Å². The summed E-state index contributed by atoms with van der Waals surface area (Å²) in [5.74, 6) is 2.41. The van der Waals surface area contributed by atoms with Gasteiger partial charge in [0, 0.05) is 67.1 Å². The number of methoxy groups -OCH3 is 1. The number of H-pyrrole nitrogens is 1. The molecule has 2 aliphatic rings. The Balaban J connectivity index is 1.34. The fourth-order valence-corrected chi connectivity index (χ4v) is 5.84. The predicted octanol–water partition coefficient (Wildman–Crippen LogP) is 4.14. The maximum atomic E-state index is 12.5. The van der Waals surface area contributed by atoms with Gasteiger partial charge in [-0.25, -0.2) is 9.97 Å². The minimum atomic E-state index is -0.00283. The number of carbonyl (C=O) groups is 2. The number of piperazine rings is 1. The summed E-state index contributed by atoms with van der Waals surface area (Å²) >= 11 is 1.46. The summed E-state index contributed by atoms with van der Waals surface area (Å²) in [5.41, 5.74) is 2.65. The van der Waals surface area contributed by atoms with Crippen LogP contribution in [0, 0.1) is 19.8 Å². The summed E-state index contributed by atoms with van der Waals surface area (Å²) in [6.45, 7) is 6.56. The summed E-state index contributed by atoms with van der Waals surface area (Å²) in [7, 11) is 1.53. The van der Waals surface area contributed by atoms with Crippen molar-refractivity contribution in [1.29, 1.82) is 0 Å². The highest BCUT2D eigenvalue weighted by Crippen LogP contribution is 2.33. The van der Waals surface area contributed by atoms with Crippen molar-refractivity contribution >= 4 is 46.7 Å². The van der Waals surface area contributed by atoms with Gasteiger partial charge in [-0.1, -0.05) is 12.8 Å². The number of ether oxygens (including phenoxy) is 1. The normalized spacial score (nSPS) is 15.9. The van der Waals surface area contributed by atoms with Crippen LogP contribution in [0.2, 0.25) is 0 Å². The third-order valence-corrected chi connectivity index (χ3v) is 8.18. The molecule has 5 rings (SSSR count). The van der Waals surface area contributed by atoms with Crippen LogP contribution in [0.4, 0.5) is 23.1 Å². The number of rotatable bonds is 9. The monoisotopic (exact) mass is 564 g/mol. The maximum Gasteiger partial charge on any atom is 0.248 e. The molecule has 3 aromatic rings. The van der Waals surface area contributed by atoms with Crippen LogP contribution in [-0.4, -0.2) is 76.8 Å². The molecule has 0 radical (unpaired) electrons. The standard InChI is InChI=1S/C28H36N8O3S/c1-18-16-23(34-33-18)30-25-19(2)26(36-14-12-35(13-15-36)24(37)17-39-3)32-28(31-25)40-22-10-8-21(9-11-22)29-27(38)20-6-4-5-7-20/h8-11,16,20H,4-7,12-15,17H2,1-3H3,(H,29,38)(H2,30,31,32,33,34). The van der Waals surface area contributed by atoms with Gasteiger partial charge in [-0.2, -0.15) is 5.10 Å². The lowest BCUT2D eigenvalue weighted by Crippen LogP contribution is -2.50. The van der Waals surface area contributed by atoms with Gasteiger partial charge in [0.25, 0.3) is 0 Å². The largest absolute Gasteiger partial charge is 0.375 e. The number of hydrogen-bond donors (Lipinski definition) is 3. The molecule has 1 aliphatic heterocycles. The van der Waals surface area contributed by atoms with Crippen molar-refractivity contribution in [3.8, 4) is 0 Å². The van der Waals surface area contributed by atoms with Gasteiger partial charge in [0.2, 0.25) is 11.8 Å². The second kappa shape index (κ2) is 12.7. The molecule has 1 aromatic carbocycles. The number of hydrogen-bond acceptors (Lipinski definition) is 9. The summed E-state index contributed by atoms with van der Waals surface area (Å²) in [6.07, 6.45) is 4.20. The van der Waals surface area contributed by atoms with Gasteiger partial charge in [-0.15, -0.1) is 0 Å². The highest BCUT2D eigenvalue weighted by molar-refractivity contribution is 7.99. The highest BCUT2D eigenvalue weighted by atomic mass is 32.2. The Morgan fingerprint density at radius 2 is 1.80 bits per heavy atom. The van der Waals surface area contributed by atoms with Crippen molar-refractivity contribution in [3.05, 3.63) is 41.6 Å². The molecule has 3 N–H and O–H groups in total. The lowest BCUT2D eigenvalue weighted by molar-refractivity contribution is -0.135. The van der Waals surface area contributed by atoms with E-state index in [4.69, 9.17) is 14.7 Å². The Hall–Kier alpha value is -3.64. The van der Waals surface area contributed by atoms with Crippen LogP contribution in [0.25, 0.3) is 0 Å². The smallest absolute Gasteiger partial charge is 0.248 e. The van der Waals surface area contributed by atoms with Gasteiger partial charge in [-0.05, 0) is 62.7 Å². The molecular formula is C28H36N8O3S. The zero-order chi connectivity index (χ0) is 28.1. The van der Waals surface area contributed by atoms with Crippen molar-refractivity contribution < 1.29 is 14.3 Å². The van der Waals surface area contributed by atoms with E-state index in [1.165, 1.54) is 18.9 Å². The third kappa shape index (κ3) is 6.73. The van der Waals surface area contributed by atoms with Crippen molar-refractivity contribution in [3.63, 3.8) is 0 Å². The lowest BCUT2D eigenvalue weighted by atomic mass is 10.1. The van der Waals surface area contributed by atoms with Crippen LogP contribution in [-0.2, 0) is 14.3 Å². The Morgan fingerprint density at radius 3 is 2.45 bits per heavy atom. The van der Waals surface area contributed by atoms with Gasteiger partial charge in [0.05, 0.1) is 0 Å². The molecule has 2 fully saturated rings. The first-order chi connectivity index (χ1) is 19.4. The van der Waals surface area contributed by atoms with Crippen molar-refractivity contribution in [2.24, 2.45) is 5.92 Å². The van der Waals surface area contributed by atoms with Crippen LogP contribution in [0.15, 0.2) is 40.4 Å². The van der Waals surface area contributed by atoms with Gasteiger partial charge < -0.3 is 25.2 Å². The van der Waals surface area contributed by atoms with Gasteiger partial charge >= 0.3 is 0 Å². The van der Waals surface area contributed by atoms with Crippen LogP contribution < -0.4 is 15.5 Å². The third-order valence-electron chi connectivity index (χ3n) is 7.31.